The SMILES string of the molecule is CNCCCCCCOc1cccc2cccnc12. The minimum atomic E-state index is 0.773. The molecule has 0 radical (unpaired) electrons. The Morgan fingerprint density at radius 1 is 1.05 bits per heavy atom. The van der Waals surface area contributed by atoms with Gasteiger partial charge in [0, 0.05) is 11.6 Å². The summed E-state index contributed by atoms with van der Waals surface area (Å²) in [6.45, 7) is 1.88. The molecule has 0 unspecified atom stereocenters. The zero-order valence-corrected chi connectivity index (χ0v) is 11.6. The van der Waals surface area contributed by atoms with E-state index in [1.54, 1.807) is 0 Å². The summed E-state index contributed by atoms with van der Waals surface area (Å²) in [6.07, 6.45) is 6.64. The standard InChI is InChI=1S/C16H22N2O/c1-17-11-4-2-3-5-13-19-15-10-6-8-14-9-7-12-18-16(14)15/h6-10,12,17H,2-5,11,13H2,1H3. The number of rotatable bonds is 8. The van der Waals surface area contributed by atoms with E-state index in [0.29, 0.717) is 0 Å². The molecule has 3 heteroatoms. The van der Waals surface area contributed by atoms with E-state index in [2.05, 4.69) is 22.4 Å². The maximum absolute atomic E-state index is 5.85. The number of ether oxygens (including phenoxy) is 1. The molecule has 0 aliphatic rings. The molecule has 102 valence electrons. The summed E-state index contributed by atoms with van der Waals surface area (Å²) in [5.41, 5.74) is 0.959. The van der Waals surface area contributed by atoms with E-state index in [1.807, 2.05) is 31.4 Å². The second-order valence-electron chi connectivity index (χ2n) is 4.70. The Kier molecular flexibility index (Phi) is 5.63. The van der Waals surface area contributed by atoms with Gasteiger partial charge in [0.1, 0.15) is 11.3 Å². The predicted octanol–water partition coefficient (Wildman–Crippen LogP) is 3.39. The normalized spacial score (nSPS) is 10.8. The highest BCUT2D eigenvalue weighted by Gasteiger charge is 2.01. The lowest BCUT2D eigenvalue weighted by molar-refractivity contribution is 0.307. The molecule has 0 saturated carbocycles. The smallest absolute Gasteiger partial charge is 0.145 e. The molecule has 1 aromatic carbocycles. The molecule has 2 rings (SSSR count). The largest absolute Gasteiger partial charge is 0.491 e. The zero-order valence-electron chi connectivity index (χ0n) is 11.6. The number of para-hydroxylation sites is 1. The van der Waals surface area contributed by atoms with E-state index in [-0.39, 0.29) is 0 Å². The van der Waals surface area contributed by atoms with Crippen molar-refractivity contribution in [3.8, 4) is 5.75 Å². The Balaban J connectivity index is 1.78. The van der Waals surface area contributed by atoms with Gasteiger partial charge in [0.25, 0.3) is 0 Å². The van der Waals surface area contributed by atoms with Gasteiger partial charge < -0.3 is 10.1 Å². The van der Waals surface area contributed by atoms with Crippen molar-refractivity contribution in [2.24, 2.45) is 0 Å². The third kappa shape index (κ3) is 4.21. The Morgan fingerprint density at radius 3 is 2.79 bits per heavy atom. The van der Waals surface area contributed by atoms with Crippen LogP contribution in [0.4, 0.5) is 0 Å². The molecule has 0 amide bonds. The average Bonchev–Trinajstić information content (AvgIpc) is 2.46. The molecule has 2 aromatic rings. The van der Waals surface area contributed by atoms with E-state index in [0.717, 1.165) is 36.2 Å². The van der Waals surface area contributed by atoms with Gasteiger partial charge in [0.2, 0.25) is 0 Å². The fourth-order valence-corrected chi connectivity index (χ4v) is 2.13. The summed E-state index contributed by atoms with van der Waals surface area (Å²) in [4.78, 5) is 4.39. The van der Waals surface area contributed by atoms with Crippen LogP contribution in [0.25, 0.3) is 10.9 Å². The van der Waals surface area contributed by atoms with Gasteiger partial charge in [-0.25, -0.2) is 0 Å². The average molecular weight is 258 g/mol. The first-order valence-electron chi connectivity index (χ1n) is 7.03. The van der Waals surface area contributed by atoms with Gasteiger partial charge in [0.05, 0.1) is 6.61 Å². The van der Waals surface area contributed by atoms with Gasteiger partial charge in [0.15, 0.2) is 0 Å². The summed E-state index contributed by atoms with van der Waals surface area (Å²) < 4.78 is 5.85. The van der Waals surface area contributed by atoms with Crippen molar-refractivity contribution in [1.82, 2.24) is 10.3 Å². The van der Waals surface area contributed by atoms with Crippen LogP contribution in [-0.4, -0.2) is 25.2 Å². The summed E-state index contributed by atoms with van der Waals surface area (Å²) in [5.74, 6) is 0.897. The third-order valence-electron chi connectivity index (χ3n) is 3.17. The molecule has 1 aromatic heterocycles. The third-order valence-corrected chi connectivity index (χ3v) is 3.17. The number of hydrogen-bond acceptors (Lipinski definition) is 3. The molecular formula is C16H22N2O. The molecule has 0 spiro atoms. The van der Waals surface area contributed by atoms with Crippen molar-refractivity contribution in [3.05, 3.63) is 36.5 Å². The van der Waals surface area contributed by atoms with E-state index < -0.39 is 0 Å². The van der Waals surface area contributed by atoms with Gasteiger partial charge in [-0.05, 0) is 38.6 Å². The first kappa shape index (κ1) is 13.8. The molecule has 1 N–H and O–H groups in total. The topological polar surface area (TPSA) is 34.1 Å². The van der Waals surface area contributed by atoms with Gasteiger partial charge in [-0.3, -0.25) is 4.98 Å². The second-order valence-corrected chi connectivity index (χ2v) is 4.70. The monoisotopic (exact) mass is 258 g/mol. The van der Waals surface area contributed by atoms with E-state index >= 15 is 0 Å². The minimum Gasteiger partial charge on any atom is -0.491 e. The molecular weight excluding hydrogens is 236 g/mol. The quantitative estimate of drug-likeness (QED) is 0.737. The zero-order chi connectivity index (χ0) is 13.3. The fourth-order valence-electron chi connectivity index (χ4n) is 2.13. The first-order chi connectivity index (χ1) is 9.42. The lowest BCUT2D eigenvalue weighted by atomic mass is 10.2. The molecule has 0 saturated heterocycles. The molecule has 0 aliphatic carbocycles. The number of nitrogens with zero attached hydrogens (tertiary/aromatic N) is 1. The first-order valence-corrected chi connectivity index (χ1v) is 7.03. The Labute approximate surface area is 115 Å². The lowest BCUT2D eigenvalue weighted by Gasteiger charge is -2.08. The van der Waals surface area contributed by atoms with Crippen LogP contribution in [-0.2, 0) is 0 Å². The van der Waals surface area contributed by atoms with Gasteiger partial charge in [-0.2, -0.15) is 0 Å². The van der Waals surface area contributed by atoms with E-state index in [1.165, 1.54) is 19.3 Å². The maximum atomic E-state index is 5.85. The summed E-state index contributed by atoms with van der Waals surface area (Å²) in [7, 11) is 2.00. The van der Waals surface area contributed by atoms with Crippen LogP contribution in [0.5, 0.6) is 5.75 Å². The molecule has 0 fully saturated rings. The summed E-state index contributed by atoms with van der Waals surface area (Å²) >= 11 is 0. The molecule has 3 nitrogen and oxygen atoms in total. The van der Waals surface area contributed by atoms with Gasteiger partial charge >= 0.3 is 0 Å². The molecule has 19 heavy (non-hydrogen) atoms. The molecule has 0 bridgehead atoms. The highest BCUT2D eigenvalue weighted by Crippen LogP contribution is 2.23. The Hall–Kier alpha value is -1.61. The van der Waals surface area contributed by atoms with Gasteiger partial charge in [-0.1, -0.05) is 31.0 Å². The molecule has 0 aliphatic heterocycles. The summed E-state index contributed by atoms with van der Waals surface area (Å²) in [5, 5.41) is 4.30. The number of unbranched alkanes of at least 4 members (excludes halogenated alkanes) is 3. The van der Waals surface area contributed by atoms with Crippen molar-refractivity contribution in [2.75, 3.05) is 20.2 Å². The van der Waals surface area contributed by atoms with Crippen molar-refractivity contribution < 1.29 is 4.74 Å². The lowest BCUT2D eigenvalue weighted by Crippen LogP contribution is -2.07. The van der Waals surface area contributed by atoms with Crippen LogP contribution >= 0.6 is 0 Å². The van der Waals surface area contributed by atoms with E-state index in [9.17, 15) is 0 Å². The highest BCUT2D eigenvalue weighted by atomic mass is 16.5. The van der Waals surface area contributed by atoms with Crippen molar-refractivity contribution in [1.29, 1.82) is 0 Å². The number of hydrogen-bond donors (Lipinski definition) is 1. The number of fused-ring (bicyclic) bond motifs is 1. The van der Waals surface area contributed by atoms with Crippen molar-refractivity contribution in [2.45, 2.75) is 25.7 Å². The minimum absolute atomic E-state index is 0.773. The number of aromatic nitrogens is 1. The second kappa shape index (κ2) is 7.74. The van der Waals surface area contributed by atoms with Gasteiger partial charge in [-0.15, -0.1) is 0 Å². The molecule has 0 atom stereocenters. The van der Waals surface area contributed by atoms with Crippen molar-refractivity contribution in [3.63, 3.8) is 0 Å². The number of pyridine rings is 1. The summed E-state index contributed by atoms with van der Waals surface area (Å²) in [6, 6.07) is 10.1. The fraction of sp³-hybridized carbons (Fsp3) is 0.438. The van der Waals surface area contributed by atoms with E-state index in [4.69, 9.17) is 4.74 Å². The van der Waals surface area contributed by atoms with Crippen LogP contribution in [0.3, 0.4) is 0 Å². The number of benzene rings is 1. The van der Waals surface area contributed by atoms with Crippen LogP contribution in [0.1, 0.15) is 25.7 Å². The Morgan fingerprint density at radius 2 is 1.89 bits per heavy atom. The van der Waals surface area contributed by atoms with Crippen molar-refractivity contribution >= 4 is 10.9 Å². The highest BCUT2D eigenvalue weighted by molar-refractivity contribution is 5.84. The maximum Gasteiger partial charge on any atom is 0.145 e. The number of nitrogens with one attached hydrogen (secondary N) is 1. The Bertz CT molecular complexity index is 494. The van der Waals surface area contributed by atoms with Crippen LogP contribution in [0.15, 0.2) is 36.5 Å². The molecule has 1 heterocycles. The van der Waals surface area contributed by atoms with Crippen LogP contribution in [0, 0.1) is 0 Å². The predicted molar refractivity (Wildman–Crippen MR) is 79.6 cm³/mol. The van der Waals surface area contributed by atoms with Crippen LogP contribution < -0.4 is 10.1 Å². The van der Waals surface area contributed by atoms with Crippen LogP contribution in [0.2, 0.25) is 0 Å².